The van der Waals surface area contributed by atoms with E-state index in [1.165, 1.54) is 16.7 Å². The Bertz CT molecular complexity index is 1080. The molecule has 0 amide bonds. The van der Waals surface area contributed by atoms with Crippen molar-refractivity contribution >= 4 is 5.65 Å². The van der Waals surface area contributed by atoms with Gasteiger partial charge in [-0.3, -0.25) is 0 Å². The molecule has 5 heteroatoms. The molecular weight excluding hydrogens is 312 g/mol. The lowest BCUT2D eigenvalue weighted by atomic mass is 9.89. The van der Waals surface area contributed by atoms with Gasteiger partial charge in [-0.1, -0.05) is 24.3 Å². The third-order valence-corrected chi connectivity index (χ3v) is 4.76. The first-order valence-corrected chi connectivity index (χ1v) is 8.31. The standard InChI is InChI=1S/C20H16N4O/c1-25-16-10-8-14(9-11-16)20-22-21-18-12-15-7-6-13-4-2-3-5-17(13)19(15)23-24(18)20/h2-5,8-12H,6-7H2,1H3. The molecule has 0 N–H and O–H groups in total. The highest BCUT2D eigenvalue weighted by molar-refractivity contribution is 5.71. The summed E-state index contributed by atoms with van der Waals surface area (Å²) in [5.41, 5.74) is 6.57. The average molecular weight is 328 g/mol. The van der Waals surface area contributed by atoms with Crippen molar-refractivity contribution in [3.63, 3.8) is 0 Å². The molecule has 1 aliphatic rings. The van der Waals surface area contributed by atoms with Gasteiger partial charge in [-0.05, 0) is 54.3 Å². The lowest BCUT2D eigenvalue weighted by Crippen LogP contribution is -2.09. The predicted molar refractivity (Wildman–Crippen MR) is 95.6 cm³/mol. The van der Waals surface area contributed by atoms with Gasteiger partial charge in [0.1, 0.15) is 5.75 Å². The molecule has 25 heavy (non-hydrogen) atoms. The predicted octanol–water partition coefficient (Wildman–Crippen LogP) is 3.57. The van der Waals surface area contributed by atoms with Crippen molar-refractivity contribution in [2.24, 2.45) is 0 Å². The first-order chi connectivity index (χ1) is 12.3. The molecule has 2 heterocycles. The topological polar surface area (TPSA) is 52.3 Å². The van der Waals surface area contributed by atoms with Crippen molar-refractivity contribution in [1.82, 2.24) is 19.8 Å². The molecule has 0 saturated heterocycles. The maximum absolute atomic E-state index is 5.23. The van der Waals surface area contributed by atoms with Gasteiger partial charge < -0.3 is 4.74 Å². The maximum atomic E-state index is 5.23. The number of rotatable bonds is 2. The highest BCUT2D eigenvalue weighted by Crippen LogP contribution is 2.32. The summed E-state index contributed by atoms with van der Waals surface area (Å²) in [5.74, 6) is 1.56. The summed E-state index contributed by atoms with van der Waals surface area (Å²) in [6, 6.07) is 18.4. The molecule has 0 bridgehead atoms. The zero-order valence-electron chi connectivity index (χ0n) is 13.8. The number of benzene rings is 2. The minimum absolute atomic E-state index is 0.739. The molecular formula is C20H16N4O. The number of fused-ring (bicyclic) bond motifs is 4. The van der Waals surface area contributed by atoms with Crippen LogP contribution in [0.1, 0.15) is 11.1 Å². The average Bonchev–Trinajstić information content (AvgIpc) is 3.09. The molecule has 122 valence electrons. The summed E-state index contributed by atoms with van der Waals surface area (Å²) in [4.78, 5) is 0. The quantitative estimate of drug-likeness (QED) is 0.564. The molecule has 0 atom stereocenters. The van der Waals surface area contributed by atoms with Gasteiger partial charge in [0.15, 0.2) is 11.5 Å². The third-order valence-electron chi connectivity index (χ3n) is 4.76. The Labute approximate surface area is 144 Å². The number of hydrogen-bond acceptors (Lipinski definition) is 4. The van der Waals surface area contributed by atoms with Gasteiger partial charge in [-0.25, -0.2) is 0 Å². The van der Waals surface area contributed by atoms with E-state index in [1.54, 1.807) is 7.11 Å². The fourth-order valence-corrected chi connectivity index (χ4v) is 3.45. The highest BCUT2D eigenvalue weighted by atomic mass is 16.5. The second-order valence-corrected chi connectivity index (χ2v) is 6.20. The van der Waals surface area contributed by atoms with Crippen molar-refractivity contribution in [3.05, 3.63) is 65.7 Å². The van der Waals surface area contributed by atoms with Gasteiger partial charge in [0.25, 0.3) is 0 Å². The highest BCUT2D eigenvalue weighted by Gasteiger charge is 2.20. The Morgan fingerprint density at radius 3 is 2.56 bits per heavy atom. The van der Waals surface area contributed by atoms with Crippen LogP contribution < -0.4 is 4.74 Å². The van der Waals surface area contributed by atoms with E-state index >= 15 is 0 Å². The van der Waals surface area contributed by atoms with Gasteiger partial charge in [0, 0.05) is 11.1 Å². The fourth-order valence-electron chi connectivity index (χ4n) is 3.45. The zero-order chi connectivity index (χ0) is 16.8. The summed E-state index contributed by atoms with van der Waals surface area (Å²) in [6.07, 6.45) is 2.03. The largest absolute Gasteiger partial charge is 0.497 e. The van der Waals surface area contributed by atoms with Crippen LogP contribution in [0.4, 0.5) is 0 Å². The van der Waals surface area contributed by atoms with Gasteiger partial charge in [-0.2, -0.15) is 9.61 Å². The molecule has 0 spiro atoms. The number of methoxy groups -OCH3 is 1. The van der Waals surface area contributed by atoms with E-state index in [-0.39, 0.29) is 0 Å². The number of hydrogen-bond donors (Lipinski definition) is 0. The summed E-state index contributed by atoms with van der Waals surface area (Å²) < 4.78 is 7.07. The van der Waals surface area contributed by atoms with Crippen molar-refractivity contribution in [2.75, 3.05) is 7.11 Å². The first-order valence-electron chi connectivity index (χ1n) is 8.31. The van der Waals surface area contributed by atoms with E-state index in [1.807, 2.05) is 28.8 Å². The van der Waals surface area contributed by atoms with Gasteiger partial charge in [0.2, 0.25) is 0 Å². The lowest BCUT2D eigenvalue weighted by Gasteiger charge is -2.18. The molecule has 0 aliphatic heterocycles. The first kappa shape index (κ1) is 14.2. The van der Waals surface area contributed by atoms with Gasteiger partial charge in [0.05, 0.1) is 12.8 Å². The fraction of sp³-hybridized carbons (Fsp3) is 0.150. The summed E-state index contributed by atoms with van der Waals surface area (Å²) in [6.45, 7) is 0. The van der Waals surface area contributed by atoms with E-state index < -0.39 is 0 Å². The van der Waals surface area contributed by atoms with Crippen LogP contribution in [0.25, 0.3) is 28.3 Å². The summed E-state index contributed by atoms with van der Waals surface area (Å²) in [5, 5.41) is 13.6. The van der Waals surface area contributed by atoms with Crippen LogP contribution in [0.3, 0.4) is 0 Å². The Morgan fingerprint density at radius 1 is 0.920 bits per heavy atom. The molecule has 5 rings (SSSR count). The van der Waals surface area contributed by atoms with E-state index in [0.29, 0.717) is 0 Å². The Balaban J connectivity index is 1.70. The van der Waals surface area contributed by atoms with Crippen LogP contribution in [0.5, 0.6) is 5.75 Å². The Morgan fingerprint density at radius 2 is 1.72 bits per heavy atom. The molecule has 0 fully saturated rings. The molecule has 4 aromatic rings. The molecule has 1 aliphatic carbocycles. The minimum atomic E-state index is 0.739. The number of aromatic nitrogens is 4. The second-order valence-electron chi connectivity index (χ2n) is 6.20. The summed E-state index contributed by atoms with van der Waals surface area (Å²) >= 11 is 0. The van der Waals surface area contributed by atoms with Crippen molar-refractivity contribution < 1.29 is 4.74 Å². The number of nitrogens with zero attached hydrogens (tertiary/aromatic N) is 4. The van der Waals surface area contributed by atoms with E-state index in [4.69, 9.17) is 9.84 Å². The maximum Gasteiger partial charge on any atom is 0.185 e. The molecule has 2 aromatic carbocycles. The monoisotopic (exact) mass is 328 g/mol. The smallest absolute Gasteiger partial charge is 0.185 e. The molecule has 5 nitrogen and oxygen atoms in total. The van der Waals surface area contributed by atoms with Crippen molar-refractivity contribution in [1.29, 1.82) is 0 Å². The number of ether oxygens (including phenoxy) is 1. The third kappa shape index (κ3) is 2.20. The van der Waals surface area contributed by atoms with E-state index in [9.17, 15) is 0 Å². The second kappa shape index (κ2) is 5.41. The van der Waals surface area contributed by atoms with Crippen LogP contribution >= 0.6 is 0 Å². The Hall–Kier alpha value is -3.21. The minimum Gasteiger partial charge on any atom is -0.497 e. The molecule has 2 aromatic heterocycles. The summed E-state index contributed by atoms with van der Waals surface area (Å²) in [7, 11) is 1.66. The SMILES string of the molecule is COc1ccc(-c2nnc3cc4c(nn23)-c2ccccc2CC4)cc1. The van der Waals surface area contributed by atoms with E-state index in [2.05, 4.69) is 40.5 Å². The zero-order valence-corrected chi connectivity index (χ0v) is 13.8. The van der Waals surface area contributed by atoms with E-state index in [0.717, 1.165) is 41.3 Å². The van der Waals surface area contributed by atoms with Gasteiger partial charge in [-0.15, -0.1) is 10.2 Å². The Kier molecular flexibility index (Phi) is 3.06. The molecule has 0 saturated carbocycles. The van der Waals surface area contributed by atoms with Crippen LogP contribution in [0.15, 0.2) is 54.6 Å². The molecule has 0 radical (unpaired) electrons. The number of aryl methyl sites for hydroxylation is 2. The van der Waals surface area contributed by atoms with Crippen LogP contribution in [0, 0.1) is 0 Å². The van der Waals surface area contributed by atoms with Crippen LogP contribution in [0.2, 0.25) is 0 Å². The van der Waals surface area contributed by atoms with Crippen LogP contribution in [-0.4, -0.2) is 26.9 Å². The lowest BCUT2D eigenvalue weighted by molar-refractivity contribution is 0.415. The normalized spacial score (nSPS) is 12.7. The van der Waals surface area contributed by atoms with Gasteiger partial charge >= 0.3 is 0 Å². The van der Waals surface area contributed by atoms with Crippen molar-refractivity contribution in [3.8, 4) is 28.4 Å². The van der Waals surface area contributed by atoms with Crippen LogP contribution in [-0.2, 0) is 12.8 Å². The molecule has 0 unspecified atom stereocenters. The van der Waals surface area contributed by atoms with Crippen molar-refractivity contribution in [2.45, 2.75) is 12.8 Å².